The highest BCUT2D eigenvalue weighted by Crippen LogP contribution is 2.34. The second kappa shape index (κ2) is 7.61. The van der Waals surface area contributed by atoms with Crippen molar-refractivity contribution >= 4 is 11.9 Å². The van der Waals surface area contributed by atoms with Crippen LogP contribution in [0.25, 0.3) is 0 Å². The quantitative estimate of drug-likeness (QED) is 0.780. The summed E-state index contributed by atoms with van der Waals surface area (Å²) in [5.41, 5.74) is -0.319. The van der Waals surface area contributed by atoms with E-state index in [1.165, 1.54) is 0 Å². The zero-order valence-corrected chi connectivity index (χ0v) is 13.7. The van der Waals surface area contributed by atoms with E-state index in [-0.39, 0.29) is 18.9 Å². The zero-order chi connectivity index (χ0) is 17.6. The van der Waals surface area contributed by atoms with Gasteiger partial charge in [0, 0.05) is 13.0 Å². The number of nitrogens with one attached hydrogen (secondary N) is 1. The largest absolute Gasteiger partial charge is 0.325 e. The van der Waals surface area contributed by atoms with Gasteiger partial charge in [-0.1, -0.05) is 43.7 Å². The Morgan fingerprint density at radius 3 is 2.54 bits per heavy atom. The number of benzene rings is 1. The van der Waals surface area contributed by atoms with Gasteiger partial charge in [0.15, 0.2) is 0 Å². The molecule has 0 radical (unpaired) electrons. The smallest absolute Gasteiger partial charge is 0.319 e. The summed E-state index contributed by atoms with van der Waals surface area (Å²) < 4.78 is 0. The summed E-state index contributed by atoms with van der Waals surface area (Å²) in [6.45, 7) is 1.97. The van der Waals surface area contributed by atoms with Crippen LogP contribution in [0.1, 0.15) is 38.2 Å². The minimum Gasteiger partial charge on any atom is -0.319 e. The Hall–Kier alpha value is -2.86. The molecule has 2 rings (SSSR count). The van der Waals surface area contributed by atoms with Crippen LogP contribution in [0.5, 0.6) is 0 Å². The van der Waals surface area contributed by atoms with Gasteiger partial charge in [0.2, 0.25) is 0 Å². The second-order valence-electron chi connectivity index (χ2n) is 5.89. The summed E-state index contributed by atoms with van der Waals surface area (Å²) in [7, 11) is 0. The number of imide groups is 1. The molecule has 6 nitrogen and oxygen atoms in total. The molecule has 0 bridgehead atoms. The van der Waals surface area contributed by atoms with E-state index in [9.17, 15) is 14.9 Å². The van der Waals surface area contributed by atoms with Crippen LogP contribution in [0.4, 0.5) is 4.79 Å². The van der Waals surface area contributed by atoms with E-state index in [0.29, 0.717) is 12.8 Å². The highest BCUT2D eigenvalue weighted by molar-refractivity contribution is 6.07. The molecule has 24 heavy (non-hydrogen) atoms. The van der Waals surface area contributed by atoms with Gasteiger partial charge in [-0.05, 0) is 18.4 Å². The number of urea groups is 1. The van der Waals surface area contributed by atoms with Crippen molar-refractivity contribution in [3.8, 4) is 12.1 Å². The molecule has 1 heterocycles. The number of carbonyl (C=O) groups is 2. The van der Waals surface area contributed by atoms with Crippen LogP contribution in [0, 0.1) is 28.6 Å². The Labute approximate surface area is 141 Å². The lowest BCUT2D eigenvalue weighted by Gasteiger charge is -2.27. The van der Waals surface area contributed by atoms with Gasteiger partial charge < -0.3 is 5.32 Å². The molecule has 2 atom stereocenters. The fraction of sp³-hybridized carbons (Fsp3) is 0.444. The number of amides is 3. The van der Waals surface area contributed by atoms with Crippen molar-refractivity contribution < 1.29 is 9.59 Å². The van der Waals surface area contributed by atoms with Crippen LogP contribution in [-0.4, -0.2) is 23.4 Å². The number of rotatable bonds is 7. The van der Waals surface area contributed by atoms with Crippen molar-refractivity contribution in [3.05, 3.63) is 35.9 Å². The molecule has 0 saturated carbocycles. The fourth-order valence-corrected chi connectivity index (χ4v) is 3.05. The maximum Gasteiger partial charge on any atom is 0.325 e. The van der Waals surface area contributed by atoms with Crippen LogP contribution >= 0.6 is 0 Å². The Bertz CT molecular complexity index is 689. The van der Waals surface area contributed by atoms with Crippen LogP contribution < -0.4 is 5.32 Å². The van der Waals surface area contributed by atoms with Gasteiger partial charge in [-0.3, -0.25) is 9.69 Å². The van der Waals surface area contributed by atoms with Gasteiger partial charge in [-0.15, -0.1) is 0 Å². The van der Waals surface area contributed by atoms with Gasteiger partial charge in [-0.25, -0.2) is 4.79 Å². The van der Waals surface area contributed by atoms with Crippen molar-refractivity contribution in [3.63, 3.8) is 0 Å². The molecule has 0 aliphatic carbocycles. The molecular formula is C18H20N4O2. The molecule has 2 unspecified atom stereocenters. The van der Waals surface area contributed by atoms with E-state index in [1.54, 1.807) is 0 Å². The lowest BCUT2D eigenvalue weighted by Crippen LogP contribution is -2.44. The Morgan fingerprint density at radius 2 is 1.96 bits per heavy atom. The van der Waals surface area contributed by atoms with E-state index < -0.39 is 17.5 Å². The molecular weight excluding hydrogens is 304 g/mol. The molecule has 1 aromatic rings. The topological polar surface area (TPSA) is 97.0 Å². The highest BCUT2D eigenvalue weighted by atomic mass is 16.2. The van der Waals surface area contributed by atoms with Crippen LogP contribution in [-0.2, 0) is 10.3 Å². The molecule has 6 heteroatoms. The number of nitrogens with zero attached hydrogens (tertiary/aromatic N) is 3. The van der Waals surface area contributed by atoms with Crippen molar-refractivity contribution in [2.45, 2.75) is 38.1 Å². The Balaban J connectivity index is 2.28. The molecule has 124 valence electrons. The maximum absolute atomic E-state index is 13.0. The first kappa shape index (κ1) is 17.5. The highest BCUT2D eigenvalue weighted by Gasteiger charge is 2.51. The lowest BCUT2D eigenvalue weighted by molar-refractivity contribution is -0.132. The van der Waals surface area contributed by atoms with E-state index in [4.69, 9.17) is 5.26 Å². The minimum atomic E-state index is -1.07. The average Bonchev–Trinajstić information content (AvgIpc) is 2.84. The molecule has 0 aromatic heterocycles. The molecule has 1 saturated heterocycles. The Morgan fingerprint density at radius 1 is 1.25 bits per heavy atom. The number of hydrogen-bond donors (Lipinski definition) is 1. The van der Waals surface area contributed by atoms with Crippen LogP contribution in [0.15, 0.2) is 30.3 Å². The summed E-state index contributed by atoms with van der Waals surface area (Å²) >= 11 is 0. The third-order valence-corrected chi connectivity index (χ3v) is 4.26. The van der Waals surface area contributed by atoms with Crippen LogP contribution in [0.3, 0.4) is 0 Å². The van der Waals surface area contributed by atoms with Crippen LogP contribution in [0.2, 0.25) is 0 Å². The summed E-state index contributed by atoms with van der Waals surface area (Å²) in [6.07, 6.45) is 1.79. The first-order chi connectivity index (χ1) is 11.6. The van der Waals surface area contributed by atoms with Gasteiger partial charge >= 0.3 is 6.03 Å². The van der Waals surface area contributed by atoms with Crippen molar-refractivity contribution in [1.29, 1.82) is 10.5 Å². The van der Waals surface area contributed by atoms with Gasteiger partial charge in [0.1, 0.15) is 5.54 Å². The molecule has 1 N–H and O–H groups in total. The SMILES string of the molecule is CCCC1(c2ccccc2)NC(=O)N(CC(C#N)CCC#N)C1=O. The summed E-state index contributed by atoms with van der Waals surface area (Å²) in [4.78, 5) is 26.5. The summed E-state index contributed by atoms with van der Waals surface area (Å²) in [6, 6.07) is 12.8. The zero-order valence-electron chi connectivity index (χ0n) is 13.7. The number of nitriles is 2. The average molecular weight is 324 g/mol. The first-order valence-corrected chi connectivity index (χ1v) is 8.05. The predicted molar refractivity (Wildman–Crippen MR) is 87.2 cm³/mol. The van der Waals surface area contributed by atoms with Gasteiger partial charge in [0.05, 0.1) is 18.1 Å². The number of hydrogen-bond acceptors (Lipinski definition) is 4. The third kappa shape index (κ3) is 3.23. The minimum absolute atomic E-state index is 0.0150. The van der Waals surface area contributed by atoms with Crippen molar-refractivity contribution in [2.75, 3.05) is 6.54 Å². The van der Waals surface area contributed by atoms with E-state index >= 15 is 0 Å². The monoisotopic (exact) mass is 324 g/mol. The molecule has 1 aliphatic rings. The Kier molecular flexibility index (Phi) is 5.55. The normalized spacial score (nSPS) is 21.0. The number of carbonyl (C=O) groups excluding carboxylic acids is 2. The summed E-state index contributed by atoms with van der Waals surface area (Å²) in [5.74, 6) is -0.856. The lowest BCUT2D eigenvalue weighted by atomic mass is 9.85. The molecule has 1 aliphatic heterocycles. The van der Waals surface area contributed by atoms with E-state index in [1.807, 2.05) is 43.3 Å². The molecule has 1 aromatic carbocycles. The fourth-order valence-electron chi connectivity index (χ4n) is 3.05. The van der Waals surface area contributed by atoms with Gasteiger partial charge in [-0.2, -0.15) is 10.5 Å². The second-order valence-corrected chi connectivity index (χ2v) is 5.89. The van der Waals surface area contributed by atoms with E-state index in [2.05, 4.69) is 11.4 Å². The van der Waals surface area contributed by atoms with E-state index in [0.717, 1.165) is 16.9 Å². The van der Waals surface area contributed by atoms with Gasteiger partial charge in [0.25, 0.3) is 5.91 Å². The predicted octanol–water partition coefficient (Wildman–Crippen LogP) is 2.68. The maximum atomic E-state index is 13.0. The standard InChI is InChI=1S/C18H20N4O2/c1-2-10-18(15-8-4-3-5-9-15)16(23)22(17(24)21-18)13-14(12-20)7-6-11-19/h3-5,8-9,14H,2,6-7,10,13H2,1H3,(H,21,24). The molecule has 1 fully saturated rings. The first-order valence-electron chi connectivity index (χ1n) is 8.05. The van der Waals surface area contributed by atoms with Crippen molar-refractivity contribution in [1.82, 2.24) is 10.2 Å². The summed E-state index contributed by atoms with van der Waals surface area (Å²) in [5, 5.41) is 20.7. The third-order valence-electron chi connectivity index (χ3n) is 4.26. The molecule has 0 spiro atoms. The van der Waals surface area contributed by atoms with Crippen molar-refractivity contribution in [2.24, 2.45) is 5.92 Å². The molecule has 3 amide bonds.